The van der Waals surface area contributed by atoms with Crippen molar-refractivity contribution in [2.75, 3.05) is 18.4 Å². The minimum atomic E-state index is -0.597. The van der Waals surface area contributed by atoms with E-state index in [9.17, 15) is 4.79 Å². The molecule has 0 bridgehead atoms. The minimum Gasteiger partial charge on any atom is -0.468 e. The number of hydrogen-bond donors (Lipinski definition) is 2. The van der Waals surface area contributed by atoms with E-state index >= 15 is 0 Å². The number of piperidine rings is 1. The number of aliphatic imine (C=N–C) groups is 1. The van der Waals surface area contributed by atoms with Crippen LogP contribution in [0.2, 0.25) is 5.02 Å². The van der Waals surface area contributed by atoms with Crippen LogP contribution < -0.4 is 10.6 Å². The number of rotatable bonds is 2. The van der Waals surface area contributed by atoms with Gasteiger partial charge in [0.05, 0.1) is 24.7 Å². The lowest BCUT2D eigenvalue weighted by Gasteiger charge is -2.45. The van der Waals surface area contributed by atoms with Crippen molar-refractivity contribution in [1.29, 1.82) is 0 Å². The van der Waals surface area contributed by atoms with Gasteiger partial charge in [0.25, 0.3) is 0 Å². The van der Waals surface area contributed by atoms with Crippen molar-refractivity contribution in [3.05, 3.63) is 81.6 Å². The highest BCUT2D eigenvalue weighted by Gasteiger charge is 2.46. The average Bonchev–Trinajstić information content (AvgIpc) is 3.35. The number of amides is 2. The Morgan fingerprint density at radius 3 is 2.83 bits per heavy atom. The van der Waals surface area contributed by atoms with Crippen LogP contribution in [0.15, 0.2) is 42.2 Å². The summed E-state index contributed by atoms with van der Waals surface area (Å²) in [5.74, 6) is 2.08. The summed E-state index contributed by atoms with van der Waals surface area (Å²) >= 11 is 6.72. The fourth-order valence-corrected chi connectivity index (χ4v) is 7.26. The van der Waals surface area contributed by atoms with E-state index in [0.29, 0.717) is 57.1 Å². The number of anilines is 1. The summed E-state index contributed by atoms with van der Waals surface area (Å²) in [6.45, 7) is 8.66. The van der Waals surface area contributed by atoms with E-state index in [0.717, 1.165) is 45.9 Å². The number of nitrogens with one attached hydrogen (secondary N) is 2. The summed E-state index contributed by atoms with van der Waals surface area (Å²) in [4.78, 5) is 33.7. The monoisotopic (exact) mass is 570 g/mol. The fourth-order valence-electron chi connectivity index (χ4n) is 6.96. The predicted molar refractivity (Wildman–Crippen MR) is 154 cm³/mol. The maximum absolute atomic E-state index is 13.8. The third kappa shape index (κ3) is 3.87. The molecular formula is C30H31ClN8O2. The van der Waals surface area contributed by atoms with Crippen molar-refractivity contribution in [2.24, 2.45) is 4.99 Å². The number of aromatic nitrogens is 4. The molecule has 0 unspecified atom stereocenters. The normalized spacial score (nSPS) is 22.5. The number of carbonyl (C=O) groups excluding carboxylic acids is 1. The Morgan fingerprint density at radius 1 is 1.20 bits per heavy atom. The van der Waals surface area contributed by atoms with Crippen LogP contribution in [0.1, 0.15) is 78.0 Å². The van der Waals surface area contributed by atoms with Crippen LogP contribution in [-0.4, -0.2) is 49.8 Å². The van der Waals surface area contributed by atoms with Gasteiger partial charge in [0.1, 0.15) is 23.6 Å². The van der Waals surface area contributed by atoms with Crippen molar-refractivity contribution in [3.63, 3.8) is 0 Å². The van der Waals surface area contributed by atoms with Gasteiger partial charge in [0.2, 0.25) is 0 Å². The highest BCUT2D eigenvalue weighted by Crippen LogP contribution is 2.49. The predicted octanol–water partition coefficient (Wildman–Crippen LogP) is 4.57. The van der Waals surface area contributed by atoms with Gasteiger partial charge < -0.3 is 24.8 Å². The van der Waals surface area contributed by atoms with Crippen LogP contribution in [0.25, 0.3) is 0 Å². The Kier molecular flexibility index (Phi) is 5.32. The number of likely N-dealkylation sites (tertiary alicyclic amines) is 1. The van der Waals surface area contributed by atoms with Gasteiger partial charge in [-0.3, -0.25) is 4.99 Å². The molecule has 2 amide bonds. The molecule has 5 aliphatic rings. The van der Waals surface area contributed by atoms with E-state index in [-0.39, 0.29) is 17.5 Å². The third-order valence-corrected chi connectivity index (χ3v) is 9.93. The van der Waals surface area contributed by atoms with Crippen LogP contribution in [0, 0.1) is 0 Å². The maximum Gasteiger partial charge on any atom is 0.318 e. The Hall–Kier alpha value is -3.92. The number of ether oxygens (including phenoxy) is 1. The van der Waals surface area contributed by atoms with E-state index in [2.05, 4.69) is 49.7 Å². The Morgan fingerprint density at radius 2 is 2.02 bits per heavy atom. The molecule has 1 aliphatic carbocycles. The zero-order chi connectivity index (χ0) is 27.9. The summed E-state index contributed by atoms with van der Waals surface area (Å²) in [7, 11) is 0. The topological polar surface area (TPSA) is 110 Å². The van der Waals surface area contributed by atoms with Gasteiger partial charge in [-0.15, -0.1) is 0 Å². The molecule has 1 aromatic carbocycles. The number of hydrogen-bond acceptors (Lipinski definition) is 7. The van der Waals surface area contributed by atoms with Crippen molar-refractivity contribution in [1.82, 2.24) is 29.7 Å². The van der Waals surface area contributed by atoms with Crippen LogP contribution in [0.4, 0.5) is 10.6 Å². The quantitative estimate of drug-likeness (QED) is 0.467. The molecular weight excluding hydrogens is 540 g/mol. The smallest absolute Gasteiger partial charge is 0.318 e. The molecule has 2 fully saturated rings. The van der Waals surface area contributed by atoms with Crippen molar-refractivity contribution in [2.45, 2.75) is 69.2 Å². The van der Waals surface area contributed by atoms with E-state index in [1.807, 2.05) is 17.3 Å². The zero-order valence-electron chi connectivity index (χ0n) is 22.9. The van der Waals surface area contributed by atoms with Crippen LogP contribution in [0.5, 0.6) is 0 Å². The molecule has 0 radical (unpaired) electrons. The summed E-state index contributed by atoms with van der Waals surface area (Å²) < 4.78 is 8.56. The van der Waals surface area contributed by atoms with E-state index in [1.54, 1.807) is 6.20 Å². The zero-order valence-corrected chi connectivity index (χ0v) is 23.7. The number of carbonyl (C=O) groups is 1. The second-order valence-electron chi connectivity index (χ2n) is 12.1. The first kappa shape index (κ1) is 24.8. The van der Waals surface area contributed by atoms with E-state index in [1.165, 1.54) is 17.6 Å². The molecule has 1 spiro atoms. The number of imidazole rings is 1. The first-order valence-corrected chi connectivity index (χ1v) is 14.6. The number of benzene rings is 1. The summed E-state index contributed by atoms with van der Waals surface area (Å²) in [6, 6.07) is 1.68. The fraction of sp³-hybridized carbons (Fsp3) is 0.433. The van der Waals surface area contributed by atoms with Gasteiger partial charge >= 0.3 is 6.03 Å². The Labute approximate surface area is 242 Å². The van der Waals surface area contributed by atoms with Crippen molar-refractivity contribution in [3.8, 4) is 0 Å². The van der Waals surface area contributed by atoms with E-state index < -0.39 is 5.60 Å². The largest absolute Gasteiger partial charge is 0.468 e. The summed E-state index contributed by atoms with van der Waals surface area (Å²) in [5.41, 5.74) is 6.27. The molecule has 11 heteroatoms. The van der Waals surface area contributed by atoms with Crippen molar-refractivity contribution < 1.29 is 9.53 Å². The molecule has 41 heavy (non-hydrogen) atoms. The lowest BCUT2D eigenvalue weighted by molar-refractivity contribution is -0.0483. The average molecular weight is 571 g/mol. The SMILES string of the molecule is C=C1Nc2ncncc2C2(CCN(C(=O)N[C@@H]3Cc4cc(Cl)c5c(c4Cn4c(C6(C)CC6)cnc43)C=NC5)CC2)O1. The van der Waals surface area contributed by atoms with Gasteiger partial charge in [-0.25, -0.2) is 19.7 Å². The van der Waals surface area contributed by atoms with E-state index in [4.69, 9.17) is 21.3 Å². The second-order valence-corrected chi connectivity index (χ2v) is 12.5. The highest BCUT2D eigenvalue weighted by molar-refractivity contribution is 6.32. The number of nitrogens with zero attached hydrogens (tertiary/aromatic N) is 6. The number of urea groups is 1. The van der Waals surface area contributed by atoms with Gasteiger partial charge in [-0.1, -0.05) is 18.5 Å². The summed E-state index contributed by atoms with van der Waals surface area (Å²) in [6.07, 6.45) is 11.4. The molecule has 210 valence electrons. The number of halogens is 1. The molecule has 6 heterocycles. The standard InChI is InChI=1S/C30H31ClN8O2/c1-17-36-26-22(13-33-16-35-26)30(41-17)5-7-38(8-6-30)28(40)37-24-10-18-9-23(31)20-12-32-11-19(20)21(18)15-39-25(14-34-27(24)39)29(2)3-4-29/h9,11,13-14,16,24H,1,3-8,10,12,15H2,2H3,(H,37,40)(H,33,35,36)/t24-/m1/s1. The van der Waals surface area contributed by atoms with Gasteiger partial charge in [0, 0.05) is 78.2 Å². The lowest BCUT2D eigenvalue weighted by atomic mass is 9.84. The van der Waals surface area contributed by atoms with Crippen LogP contribution in [0.3, 0.4) is 0 Å². The van der Waals surface area contributed by atoms with Crippen LogP contribution in [-0.2, 0) is 35.3 Å². The molecule has 3 aromatic rings. The second kappa shape index (κ2) is 8.79. The first-order valence-electron chi connectivity index (χ1n) is 14.2. The van der Waals surface area contributed by atoms with Gasteiger partial charge in [-0.05, 0) is 36.6 Å². The molecule has 8 rings (SSSR count). The Bertz CT molecular complexity index is 1650. The van der Waals surface area contributed by atoms with Gasteiger partial charge in [0.15, 0.2) is 5.88 Å². The molecule has 2 aromatic heterocycles. The molecule has 1 saturated carbocycles. The molecule has 1 saturated heterocycles. The van der Waals surface area contributed by atoms with Gasteiger partial charge in [-0.2, -0.15) is 0 Å². The molecule has 4 aliphatic heterocycles. The third-order valence-electron chi connectivity index (χ3n) is 9.59. The summed E-state index contributed by atoms with van der Waals surface area (Å²) in [5, 5.41) is 7.18. The number of fused-ring (bicyclic) bond motifs is 6. The van der Waals surface area contributed by atoms with Crippen LogP contribution >= 0.6 is 11.6 Å². The molecule has 2 N–H and O–H groups in total. The Balaban J connectivity index is 1.08. The molecule has 10 nitrogen and oxygen atoms in total. The molecule has 1 atom stereocenters. The maximum atomic E-state index is 13.8. The van der Waals surface area contributed by atoms with Crippen molar-refractivity contribution >= 4 is 29.7 Å². The minimum absolute atomic E-state index is 0.104. The highest BCUT2D eigenvalue weighted by atomic mass is 35.5. The lowest BCUT2D eigenvalue weighted by Crippen LogP contribution is -2.51. The first-order chi connectivity index (χ1) is 19.8.